The summed E-state index contributed by atoms with van der Waals surface area (Å²) in [5, 5.41) is 0. The summed E-state index contributed by atoms with van der Waals surface area (Å²) in [4.78, 5) is 0. The van der Waals surface area contributed by atoms with Crippen molar-refractivity contribution in [1.29, 1.82) is 0 Å². The van der Waals surface area contributed by atoms with Crippen LogP contribution in [0, 0.1) is 11.8 Å². The molecule has 0 aromatic carbocycles. The highest BCUT2D eigenvalue weighted by Gasteiger charge is 2.57. The first-order chi connectivity index (χ1) is 5.23. The van der Waals surface area contributed by atoms with Gasteiger partial charge < -0.3 is 0 Å². The highest BCUT2D eigenvalue weighted by Crippen LogP contribution is 2.53. The second-order valence-corrected chi connectivity index (χ2v) is 13.7. The fourth-order valence-electron chi connectivity index (χ4n) is 4.22. The van der Waals surface area contributed by atoms with Gasteiger partial charge in [0.1, 0.15) is 0 Å². The molecule has 0 radical (unpaired) electrons. The molecule has 3 atom stereocenters. The van der Waals surface area contributed by atoms with Crippen LogP contribution in [-0.4, -0.2) is 16.9 Å². The molecule has 4 fully saturated rings. The van der Waals surface area contributed by atoms with Crippen LogP contribution in [0.3, 0.4) is 0 Å². The van der Waals surface area contributed by atoms with Gasteiger partial charge in [0.25, 0.3) is 0 Å². The van der Waals surface area contributed by atoms with Crippen molar-refractivity contribution in [1.82, 2.24) is 0 Å². The van der Waals surface area contributed by atoms with E-state index < -0.39 is 8.07 Å². The monoisotopic (exact) mass is 181 g/mol. The summed E-state index contributed by atoms with van der Waals surface area (Å²) in [7, 11) is -0.299. The lowest BCUT2D eigenvalue weighted by atomic mass is 9.98. The highest BCUT2D eigenvalue weighted by atomic mass is 28.4. The van der Waals surface area contributed by atoms with Gasteiger partial charge in [-0.15, -0.1) is 0 Å². The van der Waals surface area contributed by atoms with Gasteiger partial charge in [0.2, 0.25) is 0 Å². The first-order valence-corrected chi connectivity index (χ1v) is 10.3. The normalized spacial score (nSPS) is 53.7. The minimum atomic E-state index is -0.555. The molecule has 0 N–H and O–H groups in total. The van der Waals surface area contributed by atoms with Gasteiger partial charge in [0.05, 0.1) is 25.8 Å². The quantitative estimate of drug-likeness (QED) is 0.504. The Labute approximate surface area is 72.0 Å². The standard InChI is InChI=1S/C9H17Si2/c1-11-5-8-2-9(6-11)4-10(3-8)7-11/h8-9H,2-7H2,1H3/q+1/t8-,9+,11?. The van der Waals surface area contributed by atoms with Crippen molar-refractivity contribution in [3.8, 4) is 0 Å². The first kappa shape index (κ1) is 6.90. The van der Waals surface area contributed by atoms with Crippen LogP contribution >= 0.6 is 0 Å². The van der Waals surface area contributed by atoms with Crippen LogP contribution in [0.4, 0.5) is 0 Å². The zero-order valence-corrected chi connectivity index (χ0v) is 9.40. The van der Waals surface area contributed by atoms with Crippen molar-refractivity contribution in [3.05, 3.63) is 0 Å². The molecule has 0 spiro atoms. The minimum absolute atomic E-state index is 0.256. The van der Waals surface area contributed by atoms with Gasteiger partial charge in [0.15, 0.2) is 0 Å². The number of hydrogen-bond donors (Lipinski definition) is 0. The molecule has 4 aliphatic rings. The summed E-state index contributed by atoms with van der Waals surface area (Å²) in [6, 6.07) is 6.92. The lowest BCUT2D eigenvalue weighted by molar-refractivity contribution is 0.394. The van der Waals surface area contributed by atoms with E-state index in [4.69, 9.17) is 0 Å². The molecule has 4 heterocycles. The molecule has 11 heavy (non-hydrogen) atoms. The van der Waals surface area contributed by atoms with E-state index in [1.807, 2.05) is 5.67 Å². The van der Waals surface area contributed by atoms with Gasteiger partial charge in [-0.25, -0.2) is 0 Å². The maximum Gasteiger partial charge on any atom is 0.311 e. The van der Waals surface area contributed by atoms with Gasteiger partial charge >= 0.3 is 8.80 Å². The predicted molar refractivity (Wildman–Crippen MR) is 53.0 cm³/mol. The summed E-state index contributed by atoms with van der Waals surface area (Å²) < 4.78 is 0. The van der Waals surface area contributed by atoms with E-state index in [9.17, 15) is 0 Å². The Kier molecular flexibility index (Phi) is 1.27. The van der Waals surface area contributed by atoms with E-state index in [0.29, 0.717) is 0 Å². The third-order valence-corrected chi connectivity index (χ3v) is 14.9. The lowest BCUT2D eigenvalue weighted by Gasteiger charge is -2.47. The summed E-state index contributed by atoms with van der Waals surface area (Å²) in [6.07, 6.45) is 1.65. The Morgan fingerprint density at radius 1 is 1.18 bits per heavy atom. The third-order valence-electron chi connectivity index (χ3n) is 4.06. The Morgan fingerprint density at radius 2 is 1.82 bits per heavy atom. The molecule has 0 amide bonds. The molecule has 0 aromatic heterocycles. The van der Waals surface area contributed by atoms with Crippen LogP contribution in [-0.2, 0) is 0 Å². The molecule has 0 aromatic rings. The lowest BCUT2D eigenvalue weighted by Crippen LogP contribution is -2.54. The molecule has 4 bridgehead atoms. The SMILES string of the molecule is C[Si]12C[C@@H]3C[C@@H](C[Si+](C3)C1)C2. The molecule has 0 aliphatic carbocycles. The van der Waals surface area contributed by atoms with Crippen molar-refractivity contribution < 1.29 is 0 Å². The highest BCUT2D eigenvalue weighted by molar-refractivity contribution is 6.91. The van der Waals surface area contributed by atoms with E-state index in [2.05, 4.69) is 6.55 Å². The minimum Gasteiger partial charge on any atom is -0.0668 e. The summed E-state index contributed by atoms with van der Waals surface area (Å²) in [6.45, 7) is 2.70. The topological polar surface area (TPSA) is 0 Å². The van der Waals surface area contributed by atoms with Crippen LogP contribution in [0.15, 0.2) is 0 Å². The van der Waals surface area contributed by atoms with E-state index in [1.165, 1.54) is 11.8 Å². The summed E-state index contributed by atoms with van der Waals surface area (Å²) in [5.74, 6) is 2.50. The molecular weight excluding hydrogens is 164 g/mol. The van der Waals surface area contributed by atoms with E-state index in [1.54, 1.807) is 30.6 Å². The number of rotatable bonds is 0. The van der Waals surface area contributed by atoms with E-state index >= 15 is 0 Å². The summed E-state index contributed by atoms with van der Waals surface area (Å²) >= 11 is 0. The van der Waals surface area contributed by atoms with Crippen LogP contribution in [0.1, 0.15) is 6.42 Å². The fourth-order valence-corrected chi connectivity index (χ4v) is 17.9. The molecular formula is C9H17Si2+. The van der Waals surface area contributed by atoms with Gasteiger partial charge in [-0.1, -0.05) is 6.55 Å². The zero-order valence-electron chi connectivity index (χ0n) is 7.40. The first-order valence-electron chi connectivity index (χ1n) is 5.07. The van der Waals surface area contributed by atoms with Crippen molar-refractivity contribution in [2.75, 3.05) is 0 Å². The van der Waals surface area contributed by atoms with Crippen molar-refractivity contribution in [2.45, 2.75) is 42.8 Å². The van der Waals surface area contributed by atoms with Crippen LogP contribution < -0.4 is 0 Å². The molecule has 60 valence electrons. The van der Waals surface area contributed by atoms with E-state index in [-0.39, 0.29) is 8.80 Å². The van der Waals surface area contributed by atoms with Crippen molar-refractivity contribution >= 4 is 16.9 Å². The summed E-state index contributed by atoms with van der Waals surface area (Å²) in [5.41, 5.74) is 1.81. The largest absolute Gasteiger partial charge is 0.311 e. The Morgan fingerprint density at radius 3 is 2.27 bits per heavy atom. The van der Waals surface area contributed by atoms with E-state index in [0.717, 1.165) is 0 Å². The van der Waals surface area contributed by atoms with Crippen LogP contribution in [0.25, 0.3) is 0 Å². The molecule has 0 nitrogen and oxygen atoms in total. The molecule has 4 rings (SSSR count). The Balaban J connectivity index is 1.94. The molecule has 2 heteroatoms. The fraction of sp³-hybridized carbons (Fsp3) is 1.00. The second-order valence-electron chi connectivity index (χ2n) is 5.52. The van der Waals surface area contributed by atoms with Crippen molar-refractivity contribution in [3.63, 3.8) is 0 Å². The Bertz CT molecular complexity index is 153. The molecule has 4 saturated heterocycles. The second kappa shape index (κ2) is 2.02. The van der Waals surface area contributed by atoms with Crippen molar-refractivity contribution in [2.24, 2.45) is 11.8 Å². The average molecular weight is 181 g/mol. The maximum absolute atomic E-state index is 2.70. The number of hydrogen-bond acceptors (Lipinski definition) is 0. The molecule has 4 aliphatic heterocycles. The zero-order chi connectivity index (χ0) is 7.47. The van der Waals surface area contributed by atoms with Gasteiger partial charge in [-0.3, -0.25) is 0 Å². The van der Waals surface area contributed by atoms with Crippen LogP contribution in [0.2, 0.25) is 36.4 Å². The van der Waals surface area contributed by atoms with Crippen LogP contribution in [0.5, 0.6) is 0 Å². The predicted octanol–water partition coefficient (Wildman–Crippen LogP) is 2.76. The Hall–Kier alpha value is 0.434. The average Bonchev–Trinajstić information content (AvgIpc) is 1.79. The van der Waals surface area contributed by atoms with Gasteiger partial charge in [0, 0.05) is 0 Å². The van der Waals surface area contributed by atoms with Gasteiger partial charge in [-0.05, 0) is 30.3 Å². The smallest absolute Gasteiger partial charge is 0.0668 e. The molecule has 1 unspecified atom stereocenters. The van der Waals surface area contributed by atoms with Gasteiger partial charge in [-0.2, -0.15) is 0 Å². The molecule has 0 saturated carbocycles. The maximum atomic E-state index is 2.70. The third kappa shape index (κ3) is 0.986.